The van der Waals surface area contributed by atoms with E-state index in [1.165, 1.54) is 6.92 Å². The Bertz CT molecular complexity index is 1780. The lowest BCUT2D eigenvalue weighted by molar-refractivity contribution is -0.386. The molecule has 19 N–H and O–H groups in total. The first-order valence-electron chi connectivity index (χ1n) is 22.2. The van der Waals surface area contributed by atoms with Gasteiger partial charge in [0, 0.05) is 20.3 Å². The van der Waals surface area contributed by atoms with Gasteiger partial charge in [0.05, 0.1) is 44.7 Å². The van der Waals surface area contributed by atoms with Gasteiger partial charge in [-0.1, -0.05) is 0 Å². The number of nitrogens with one attached hydrogen (secondary N) is 3. The van der Waals surface area contributed by atoms with Crippen molar-refractivity contribution in [3.8, 4) is 0 Å². The number of hydrogen-bond donors (Lipinski definition) is 19. The molecule has 5 rings (SSSR count). The molecule has 32 heteroatoms. The smallest absolute Gasteiger partial charge is 0.364 e. The topological polar surface area (TPSA) is 511 Å². The zero-order valence-electron chi connectivity index (χ0n) is 38.1. The van der Waals surface area contributed by atoms with Crippen LogP contribution < -0.4 is 16.0 Å². The van der Waals surface area contributed by atoms with E-state index in [-0.39, 0.29) is 0 Å². The second-order valence-electron chi connectivity index (χ2n) is 17.6. The van der Waals surface area contributed by atoms with Gasteiger partial charge in [-0.25, -0.2) is 4.79 Å². The maximum absolute atomic E-state index is 12.8. The maximum atomic E-state index is 12.8. The summed E-state index contributed by atoms with van der Waals surface area (Å²) < 4.78 is 51.4. The Morgan fingerprint density at radius 1 is 0.620 bits per heavy atom. The molecule has 0 aromatic rings. The molecule has 5 aliphatic rings. The Labute approximate surface area is 402 Å². The van der Waals surface area contributed by atoms with Crippen LogP contribution in [0.4, 0.5) is 0 Å². The molecule has 5 heterocycles. The van der Waals surface area contributed by atoms with Crippen molar-refractivity contribution in [2.75, 3.05) is 33.0 Å². The molecule has 0 aliphatic carbocycles. The first-order chi connectivity index (χ1) is 33.3. The molecule has 32 nitrogen and oxygen atoms in total. The van der Waals surface area contributed by atoms with Gasteiger partial charge in [0.15, 0.2) is 25.2 Å². The van der Waals surface area contributed by atoms with Crippen LogP contribution in [0.15, 0.2) is 0 Å². The van der Waals surface area contributed by atoms with Gasteiger partial charge in [0.25, 0.3) is 5.79 Å². The van der Waals surface area contributed by atoms with Gasteiger partial charge in [-0.2, -0.15) is 0 Å². The van der Waals surface area contributed by atoms with Crippen LogP contribution in [0.1, 0.15) is 27.2 Å². The number of amides is 3. The van der Waals surface area contributed by atoms with Crippen LogP contribution in [0.25, 0.3) is 0 Å². The van der Waals surface area contributed by atoms with E-state index in [0.29, 0.717) is 0 Å². The number of ether oxygens (including phenoxy) is 9. The van der Waals surface area contributed by atoms with Gasteiger partial charge in [-0.05, 0) is 6.92 Å². The summed E-state index contributed by atoms with van der Waals surface area (Å²) in [6, 6.07) is -5.32. The summed E-state index contributed by atoms with van der Waals surface area (Å²) in [5.41, 5.74) is 0. The van der Waals surface area contributed by atoms with Crippen LogP contribution in [0.3, 0.4) is 0 Å². The maximum Gasteiger partial charge on any atom is 0.364 e. The largest absolute Gasteiger partial charge is 0.477 e. The summed E-state index contributed by atoms with van der Waals surface area (Å²) in [5, 5.41) is 176. The Balaban J connectivity index is 1.42. The first kappa shape index (κ1) is 58.8. The number of carboxylic acid groups (broad SMARTS) is 1. The van der Waals surface area contributed by atoms with Gasteiger partial charge in [0.1, 0.15) is 116 Å². The zero-order valence-corrected chi connectivity index (χ0v) is 38.1. The van der Waals surface area contributed by atoms with Crippen molar-refractivity contribution in [2.24, 2.45) is 0 Å². The van der Waals surface area contributed by atoms with Crippen molar-refractivity contribution in [1.82, 2.24) is 16.0 Å². The quantitative estimate of drug-likeness (QED) is 0.0571. The summed E-state index contributed by atoms with van der Waals surface area (Å²) in [6.07, 6.45) is -43.2. The van der Waals surface area contributed by atoms with Gasteiger partial charge in [-0.15, -0.1) is 0 Å². The third-order valence-corrected chi connectivity index (χ3v) is 12.6. The number of aliphatic hydroxyl groups is 15. The predicted molar refractivity (Wildman–Crippen MR) is 219 cm³/mol. The van der Waals surface area contributed by atoms with Crippen LogP contribution in [-0.4, -0.2) is 297 Å². The molecule has 5 aliphatic heterocycles. The van der Waals surface area contributed by atoms with E-state index in [4.69, 9.17) is 42.6 Å². The highest BCUT2D eigenvalue weighted by molar-refractivity contribution is 5.78. The van der Waals surface area contributed by atoms with Crippen LogP contribution in [0, 0.1) is 0 Å². The molecule has 0 aromatic carbocycles. The van der Waals surface area contributed by atoms with Crippen molar-refractivity contribution in [1.29, 1.82) is 0 Å². The number of carboxylic acids is 1. The number of aliphatic hydroxyl groups excluding tert-OH is 15. The monoisotopic (exact) mass is 1040 g/mol. The molecule has 71 heavy (non-hydrogen) atoms. The second kappa shape index (κ2) is 25.0. The van der Waals surface area contributed by atoms with E-state index < -0.39 is 222 Å². The molecule has 0 aromatic heterocycles. The van der Waals surface area contributed by atoms with Crippen molar-refractivity contribution in [3.05, 3.63) is 0 Å². The van der Waals surface area contributed by atoms with E-state index in [9.17, 15) is 101 Å². The van der Waals surface area contributed by atoms with Gasteiger partial charge >= 0.3 is 5.97 Å². The summed E-state index contributed by atoms with van der Waals surface area (Å²) >= 11 is 0. The average Bonchev–Trinajstić information content (AvgIpc) is 3.32. The minimum atomic E-state index is -3.03. The minimum absolute atomic E-state index is 0.853. The van der Waals surface area contributed by atoms with E-state index in [0.717, 1.165) is 13.8 Å². The number of carbonyl (C=O) groups is 4. The fraction of sp³-hybridized carbons (Fsp3) is 0.897. The van der Waals surface area contributed by atoms with Crippen LogP contribution >= 0.6 is 0 Å². The lowest BCUT2D eigenvalue weighted by atomic mass is 9.88. The molecule has 0 spiro atoms. The summed E-state index contributed by atoms with van der Waals surface area (Å²) in [7, 11) is 0. The summed E-state index contributed by atoms with van der Waals surface area (Å²) in [5.74, 6) is -7.88. The van der Waals surface area contributed by atoms with E-state index in [1.54, 1.807) is 0 Å². The Hall–Kier alpha value is -3.08. The molecule has 1 unspecified atom stereocenters. The molecular weight excluding hydrogens is 974 g/mol. The minimum Gasteiger partial charge on any atom is -0.477 e. The van der Waals surface area contributed by atoms with Crippen LogP contribution in [0.2, 0.25) is 0 Å². The second-order valence-corrected chi connectivity index (χ2v) is 17.6. The third kappa shape index (κ3) is 13.1. The lowest BCUT2D eigenvalue weighted by Crippen LogP contribution is -2.71. The highest BCUT2D eigenvalue weighted by atomic mass is 16.8. The zero-order chi connectivity index (χ0) is 53.0. The summed E-state index contributed by atoms with van der Waals surface area (Å²) in [4.78, 5) is 49.9. The third-order valence-electron chi connectivity index (χ3n) is 12.6. The normalized spacial score (nSPS) is 45.0. The molecule has 0 saturated carbocycles. The highest BCUT2D eigenvalue weighted by Crippen LogP contribution is 2.37. The van der Waals surface area contributed by atoms with E-state index in [2.05, 4.69) is 16.0 Å². The fourth-order valence-electron chi connectivity index (χ4n) is 8.75. The standard InChI is InChI=1S/C39H65N3O29/c1-10-22(52)27(57)29(59)36(64-10)70-33-28(58)24(54)15(6-44)66-37(33)68-30-16(7-45)67-35(20(26(30)56)40-11(2)47)69-31-21(41-12(3)48)34(60)65-17(25(31)55)9-63-39(38(61)62)4-13(49)19(42-18(51)8-46)32(71-39)23(53)14(50)5-43/h10,13-17,19-37,43-46,49-50,52-60H,4-9H2,1-3H3,(H,40,47)(H,41,48)(H,42,51)(H,61,62)/t10-,13-,14+,15+,16+,17+,19+,20+,21+,22+,23+,24-,25-,26+,27+,28-,29-,30+,31+,32+,33+,34?,35-,36-,37+,39+/m0/s1. The van der Waals surface area contributed by atoms with Gasteiger partial charge in [-0.3, -0.25) is 14.4 Å². The molecule has 0 bridgehead atoms. The van der Waals surface area contributed by atoms with Gasteiger partial charge in [0.2, 0.25) is 17.7 Å². The molecule has 5 saturated heterocycles. The number of aliphatic carboxylic acids is 1. The Morgan fingerprint density at radius 3 is 1.79 bits per heavy atom. The number of rotatable bonds is 19. The molecule has 0 radical (unpaired) electrons. The fourth-order valence-corrected chi connectivity index (χ4v) is 8.75. The SMILES string of the molecule is CC(=O)N[C@H]1[C@H](O[C@H]2[C@@H](O)[C@@H](CO[C@]3(C(=O)O)C[C@H](O)[C@@H](NC(=O)CO)[C@H]([C@H](O)[C@H](O)CO)O3)OC(O)[C@@H]2NC(C)=O)O[C@H](CO)[C@@H](O[C@H]2O[C@H](CO)[C@H](O)[C@H](O)[C@H]2O[C@@H]2O[C@@H](C)[C@@H](O)[C@@H](O)[C@@H]2O)[C@@H]1O. The van der Waals surface area contributed by atoms with E-state index in [1.807, 2.05) is 0 Å². The Morgan fingerprint density at radius 2 is 1.21 bits per heavy atom. The van der Waals surface area contributed by atoms with Crippen molar-refractivity contribution < 1.29 is 144 Å². The number of carbonyl (C=O) groups excluding carboxylic acids is 3. The van der Waals surface area contributed by atoms with E-state index >= 15 is 0 Å². The lowest BCUT2D eigenvalue weighted by Gasteiger charge is -2.50. The molecule has 410 valence electrons. The first-order valence-corrected chi connectivity index (χ1v) is 22.2. The molecule has 5 fully saturated rings. The predicted octanol–water partition coefficient (Wildman–Crippen LogP) is -12.3. The number of hydrogen-bond acceptors (Lipinski definition) is 28. The molecule has 3 amide bonds. The van der Waals surface area contributed by atoms with Crippen LogP contribution in [0.5, 0.6) is 0 Å². The van der Waals surface area contributed by atoms with Crippen molar-refractivity contribution in [2.45, 2.75) is 186 Å². The van der Waals surface area contributed by atoms with Gasteiger partial charge < -0.3 is 140 Å². The molecular formula is C39H65N3O29. The van der Waals surface area contributed by atoms with Crippen molar-refractivity contribution in [3.63, 3.8) is 0 Å². The average molecular weight is 1040 g/mol. The van der Waals surface area contributed by atoms with Crippen LogP contribution in [-0.2, 0) is 61.8 Å². The summed E-state index contributed by atoms with van der Waals surface area (Å²) in [6.45, 7) is -2.12. The van der Waals surface area contributed by atoms with Crippen molar-refractivity contribution >= 4 is 23.7 Å². The Kier molecular flexibility index (Phi) is 20.7. The molecule has 26 atom stereocenters. The highest BCUT2D eigenvalue weighted by Gasteiger charge is 2.59.